The van der Waals surface area contributed by atoms with E-state index < -0.39 is 0 Å². The van der Waals surface area contributed by atoms with Gasteiger partial charge in [0, 0.05) is 24.0 Å². The molecule has 0 aliphatic carbocycles. The van der Waals surface area contributed by atoms with Gasteiger partial charge in [-0.3, -0.25) is 0 Å². The Hall–Kier alpha value is -1.80. The minimum absolute atomic E-state index is 0.180. The van der Waals surface area contributed by atoms with E-state index in [1.54, 1.807) is 0 Å². The van der Waals surface area contributed by atoms with Gasteiger partial charge in [0.25, 0.3) is 0 Å². The maximum absolute atomic E-state index is 6.01. The highest BCUT2D eigenvalue weighted by molar-refractivity contribution is 5.44. The Bertz CT molecular complexity index is 565. The van der Waals surface area contributed by atoms with Crippen LogP contribution in [-0.4, -0.2) is 12.9 Å². The third kappa shape index (κ3) is 2.32. The Morgan fingerprint density at radius 1 is 1.00 bits per heavy atom. The fourth-order valence-corrected chi connectivity index (χ4v) is 3.01. The number of para-hydroxylation sites is 1. The quantitative estimate of drug-likeness (QED) is 0.830. The Morgan fingerprint density at radius 2 is 1.70 bits per heavy atom. The van der Waals surface area contributed by atoms with Crippen molar-refractivity contribution in [2.24, 2.45) is 5.92 Å². The van der Waals surface area contributed by atoms with Gasteiger partial charge in [-0.15, -0.1) is 0 Å². The van der Waals surface area contributed by atoms with Crippen LogP contribution in [0.3, 0.4) is 0 Å². The van der Waals surface area contributed by atoms with Crippen molar-refractivity contribution < 1.29 is 9.47 Å². The summed E-state index contributed by atoms with van der Waals surface area (Å²) in [6.07, 6.45) is -0.180. The van der Waals surface area contributed by atoms with Gasteiger partial charge < -0.3 is 9.47 Å². The fourth-order valence-electron chi connectivity index (χ4n) is 3.01. The van der Waals surface area contributed by atoms with E-state index in [1.165, 1.54) is 11.1 Å². The van der Waals surface area contributed by atoms with Crippen molar-refractivity contribution in [1.82, 2.24) is 0 Å². The van der Waals surface area contributed by atoms with Crippen LogP contribution >= 0.6 is 0 Å². The molecule has 1 aliphatic rings. The molecule has 0 saturated carbocycles. The largest absolute Gasteiger partial charge is 0.464 e. The van der Waals surface area contributed by atoms with Crippen LogP contribution in [0.25, 0.3) is 0 Å². The molecule has 0 N–H and O–H groups in total. The van der Waals surface area contributed by atoms with Crippen molar-refractivity contribution in [2.75, 3.05) is 6.61 Å². The number of hydrogen-bond donors (Lipinski definition) is 0. The van der Waals surface area contributed by atoms with E-state index in [4.69, 9.17) is 9.47 Å². The average molecular weight is 268 g/mol. The van der Waals surface area contributed by atoms with Crippen molar-refractivity contribution in [3.8, 4) is 5.75 Å². The average Bonchev–Trinajstić information content (AvgIpc) is 2.49. The molecule has 0 spiro atoms. The molecule has 1 unspecified atom stereocenters. The topological polar surface area (TPSA) is 18.5 Å². The first-order valence-electron chi connectivity index (χ1n) is 7.23. The monoisotopic (exact) mass is 268 g/mol. The van der Waals surface area contributed by atoms with E-state index in [2.05, 4.69) is 49.4 Å². The summed E-state index contributed by atoms with van der Waals surface area (Å²) in [6.45, 7) is 4.88. The lowest BCUT2D eigenvalue weighted by Gasteiger charge is -2.37. The molecular formula is C18H20O2. The molecule has 104 valence electrons. The summed E-state index contributed by atoms with van der Waals surface area (Å²) in [5.41, 5.74) is 2.57. The van der Waals surface area contributed by atoms with Gasteiger partial charge >= 0.3 is 0 Å². The smallest absolute Gasteiger partial charge is 0.203 e. The minimum Gasteiger partial charge on any atom is -0.464 e. The van der Waals surface area contributed by atoms with Crippen LogP contribution < -0.4 is 4.74 Å². The summed E-state index contributed by atoms with van der Waals surface area (Å²) >= 11 is 0. The lowest BCUT2D eigenvalue weighted by Crippen LogP contribution is -2.37. The van der Waals surface area contributed by atoms with Crippen molar-refractivity contribution in [2.45, 2.75) is 26.1 Å². The van der Waals surface area contributed by atoms with Crippen LogP contribution in [0.1, 0.15) is 30.9 Å². The molecule has 0 saturated heterocycles. The summed E-state index contributed by atoms with van der Waals surface area (Å²) < 4.78 is 11.8. The summed E-state index contributed by atoms with van der Waals surface area (Å²) in [6, 6.07) is 18.9. The van der Waals surface area contributed by atoms with Crippen LogP contribution in [0.2, 0.25) is 0 Å². The molecule has 3 atom stereocenters. The van der Waals surface area contributed by atoms with Gasteiger partial charge in [0.05, 0.1) is 0 Å². The second-order valence-corrected chi connectivity index (χ2v) is 5.23. The molecule has 0 bridgehead atoms. The summed E-state index contributed by atoms with van der Waals surface area (Å²) in [5, 5.41) is 0. The van der Waals surface area contributed by atoms with Gasteiger partial charge in [-0.05, 0) is 18.6 Å². The van der Waals surface area contributed by atoms with Gasteiger partial charge in [-0.1, -0.05) is 55.5 Å². The first-order valence-corrected chi connectivity index (χ1v) is 7.23. The van der Waals surface area contributed by atoms with Crippen LogP contribution in [0.4, 0.5) is 0 Å². The molecule has 20 heavy (non-hydrogen) atoms. The van der Waals surface area contributed by atoms with E-state index >= 15 is 0 Å². The van der Waals surface area contributed by atoms with Crippen LogP contribution in [0.15, 0.2) is 54.6 Å². The lowest BCUT2D eigenvalue weighted by atomic mass is 9.79. The molecule has 0 aromatic heterocycles. The number of fused-ring (bicyclic) bond motifs is 1. The Kier molecular flexibility index (Phi) is 3.75. The fraction of sp³-hybridized carbons (Fsp3) is 0.333. The van der Waals surface area contributed by atoms with Gasteiger partial charge in [0.2, 0.25) is 6.29 Å². The van der Waals surface area contributed by atoms with Gasteiger partial charge in [0.15, 0.2) is 0 Å². The SMILES string of the molecule is CCO[C@@H]1Oc2ccccc2[C@H](c2ccccc2)C1C. The molecule has 2 aromatic rings. The predicted molar refractivity (Wildman–Crippen MR) is 79.9 cm³/mol. The van der Waals surface area contributed by atoms with E-state index in [-0.39, 0.29) is 12.2 Å². The third-order valence-corrected chi connectivity index (χ3v) is 3.94. The zero-order chi connectivity index (χ0) is 13.9. The summed E-state index contributed by atoms with van der Waals surface area (Å²) in [7, 11) is 0. The molecule has 2 heteroatoms. The van der Waals surface area contributed by atoms with Crippen molar-refractivity contribution in [1.29, 1.82) is 0 Å². The molecule has 2 aromatic carbocycles. The van der Waals surface area contributed by atoms with E-state index in [9.17, 15) is 0 Å². The maximum atomic E-state index is 6.01. The van der Waals surface area contributed by atoms with Crippen molar-refractivity contribution >= 4 is 0 Å². The first kappa shape index (κ1) is 13.2. The van der Waals surface area contributed by atoms with Crippen LogP contribution in [0, 0.1) is 5.92 Å². The van der Waals surface area contributed by atoms with E-state index in [0.717, 1.165) is 5.75 Å². The molecule has 2 nitrogen and oxygen atoms in total. The number of rotatable bonds is 3. The zero-order valence-electron chi connectivity index (χ0n) is 12.0. The maximum Gasteiger partial charge on any atom is 0.203 e. The third-order valence-electron chi connectivity index (χ3n) is 3.94. The van der Waals surface area contributed by atoms with Crippen LogP contribution in [-0.2, 0) is 4.74 Å². The van der Waals surface area contributed by atoms with Crippen molar-refractivity contribution in [3.63, 3.8) is 0 Å². The van der Waals surface area contributed by atoms with Gasteiger partial charge in [-0.2, -0.15) is 0 Å². The minimum atomic E-state index is -0.180. The molecular weight excluding hydrogens is 248 g/mol. The van der Waals surface area contributed by atoms with E-state index in [1.807, 2.05) is 19.1 Å². The first-order chi connectivity index (χ1) is 9.81. The molecule has 1 aliphatic heterocycles. The number of hydrogen-bond acceptors (Lipinski definition) is 2. The lowest BCUT2D eigenvalue weighted by molar-refractivity contribution is -0.120. The Morgan fingerprint density at radius 3 is 2.45 bits per heavy atom. The van der Waals surface area contributed by atoms with E-state index in [0.29, 0.717) is 12.5 Å². The highest BCUT2D eigenvalue weighted by atomic mass is 16.7. The second kappa shape index (κ2) is 5.68. The predicted octanol–water partition coefficient (Wildman–Crippen LogP) is 4.21. The summed E-state index contributed by atoms with van der Waals surface area (Å²) in [4.78, 5) is 0. The molecule has 3 rings (SSSR count). The Balaban J connectivity index is 2.06. The standard InChI is InChI=1S/C18H20O2/c1-3-19-18-13(2)17(14-9-5-4-6-10-14)15-11-7-8-12-16(15)20-18/h4-13,17-18H,3H2,1-2H3/t13?,17-,18+/m0/s1. The Labute approximate surface area is 120 Å². The van der Waals surface area contributed by atoms with Gasteiger partial charge in [-0.25, -0.2) is 0 Å². The van der Waals surface area contributed by atoms with Crippen molar-refractivity contribution in [3.05, 3.63) is 65.7 Å². The molecule has 0 fully saturated rings. The van der Waals surface area contributed by atoms with Crippen LogP contribution in [0.5, 0.6) is 5.75 Å². The van der Waals surface area contributed by atoms with Gasteiger partial charge in [0.1, 0.15) is 5.75 Å². The zero-order valence-corrected chi connectivity index (χ0v) is 12.0. The number of benzene rings is 2. The highest BCUT2D eigenvalue weighted by Gasteiger charge is 2.36. The molecule has 0 radical (unpaired) electrons. The normalized spacial score (nSPS) is 24.8. The highest BCUT2D eigenvalue weighted by Crippen LogP contribution is 2.43. The molecule has 0 amide bonds. The number of ether oxygens (including phenoxy) is 2. The second-order valence-electron chi connectivity index (χ2n) is 5.23. The molecule has 1 heterocycles. The summed E-state index contributed by atoms with van der Waals surface area (Å²) in [5.74, 6) is 1.54.